The van der Waals surface area contributed by atoms with Crippen LogP contribution in [0, 0.1) is 19.8 Å². The van der Waals surface area contributed by atoms with Gasteiger partial charge in [-0.3, -0.25) is 9.48 Å². The van der Waals surface area contributed by atoms with Gasteiger partial charge in [-0.25, -0.2) is 0 Å². The Bertz CT molecular complexity index is 495. The van der Waals surface area contributed by atoms with Gasteiger partial charge in [-0.15, -0.1) is 12.4 Å². The zero-order chi connectivity index (χ0) is 15.4. The Morgan fingerprint density at radius 2 is 2.23 bits per heavy atom. The van der Waals surface area contributed by atoms with Gasteiger partial charge in [0.25, 0.3) is 0 Å². The molecule has 1 amide bonds. The van der Waals surface area contributed by atoms with Crippen molar-refractivity contribution in [3.63, 3.8) is 0 Å². The fraction of sp³-hybridized carbons (Fsp3) is 0.750. The van der Waals surface area contributed by atoms with Crippen molar-refractivity contribution in [3.05, 3.63) is 17.0 Å². The van der Waals surface area contributed by atoms with Gasteiger partial charge < -0.3 is 10.6 Å². The molecule has 0 radical (unpaired) electrons. The van der Waals surface area contributed by atoms with E-state index in [9.17, 15) is 4.79 Å². The molecule has 0 bridgehead atoms. The second kappa shape index (κ2) is 8.53. The minimum absolute atomic E-state index is 0. The van der Waals surface area contributed by atoms with Crippen LogP contribution in [-0.2, 0) is 18.3 Å². The summed E-state index contributed by atoms with van der Waals surface area (Å²) in [7, 11) is 1.96. The van der Waals surface area contributed by atoms with Gasteiger partial charge in [-0.1, -0.05) is 0 Å². The molecule has 0 spiro atoms. The Morgan fingerprint density at radius 1 is 1.50 bits per heavy atom. The molecule has 22 heavy (non-hydrogen) atoms. The Hall–Kier alpha value is -1.07. The zero-order valence-electron chi connectivity index (χ0n) is 14.1. The van der Waals surface area contributed by atoms with Crippen molar-refractivity contribution in [2.75, 3.05) is 13.1 Å². The molecule has 2 rings (SSSR count). The lowest BCUT2D eigenvalue weighted by atomic mass is 10.0. The summed E-state index contributed by atoms with van der Waals surface area (Å²) in [5.41, 5.74) is 3.50. The largest absolute Gasteiger partial charge is 0.353 e. The molecule has 2 heterocycles. The van der Waals surface area contributed by atoms with Crippen molar-refractivity contribution in [3.8, 4) is 0 Å². The lowest BCUT2D eigenvalue weighted by Gasteiger charge is -2.15. The van der Waals surface area contributed by atoms with E-state index in [1.807, 2.05) is 18.7 Å². The number of carbonyl (C=O) groups excluding carboxylic acids is 1. The first kappa shape index (κ1) is 19.0. The third-order valence-corrected chi connectivity index (χ3v) is 4.52. The maximum Gasteiger partial charge on any atom is 0.220 e. The smallest absolute Gasteiger partial charge is 0.220 e. The molecule has 6 heteroatoms. The fourth-order valence-electron chi connectivity index (χ4n) is 3.11. The van der Waals surface area contributed by atoms with E-state index in [1.54, 1.807) is 0 Å². The number of aromatic nitrogens is 2. The Balaban J connectivity index is 0.00000242. The van der Waals surface area contributed by atoms with Crippen LogP contribution in [0.25, 0.3) is 0 Å². The summed E-state index contributed by atoms with van der Waals surface area (Å²) in [5.74, 6) is 0.850. The van der Waals surface area contributed by atoms with Gasteiger partial charge in [0, 0.05) is 25.2 Å². The molecule has 2 atom stereocenters. The highest BCUT2D eigenvalue weighted by Crippen LogP contribution is 2.16. The van der Waals surface area contributed by atoms with Crippen molar-refractivity contribution in [2.45, 2.75) is 52.5 Å². The summed E-state index contributed by atoms with van der Waals surface area (Å²) in [6, 6.07) is 0.154. The van der Waals surface area contributed by atoms with E-state index in [4.69, 9.17) is 0 Å². The third-order valence-electron chi connectivity index (χ3n) is 4.52. The summed E-state index contributed by atoms with van der Waals surface area (Å²) < 4.78 is 1.91. The predicted octanol–water partition coefficient (Wildman–Crippen LogP) is 1.90. The molecular weight excluding hydrogens is 300 g/mol. The van der Waals surface area contributed by atoms with E-state index in [1.165, 1.54) is 17.7 Å². The first-order valence-electron chi connectivity index (χ1n) is 7.96. The SMILES string of the molecule is Cc1nn(C)c(C)c1CC(C)NC(=O)CCC1CCNC1.Cl. The third kappa shape index (κ3) is 4.99. The van der Waals surface area contributed by atoms with E-state index >= 15 is 0 Å². The summed E-state index contributed by atoms with van der Waals surface area (Å²) in [6.45, 7) is 8.35. The molecule has 1 aliphatic heterocycles. The number of amides is 1. The molecular formula is C16H29ClN4O. The second-order valence-electron chi connectivity index (χ2n) is 6.34. The summed E-state index contributed by atoms with van der Waals surface area (Å²) in [6.07, 6.45) is 3.69. The van der Waals surface area contributed by atoms with Gasteiger partial charge in [-0.05, 0) is 64.6 Å². The highest BCUT2D eigenvalue weighted by atomic mass is 35.5. The van der Waals surface area contributed by atoms with Gasteiger partial charge in [0.2, 0.25) is 5.91 Å². The van der Waals surface area contributed by atoms with Crippen molar-refractivity contribution in [1.82, 2.24) is 20.4 Å². The average Bonchev–Trinajstić information content (AvgIpc) is 3.01. The number of nitrogens with zero attached hydrogens (tertiary/aromatic N) is 2. The van der Waals surface area contributed by atoms with Gasteiger partial charge in [-0.2, -0.15) is 5.10 Å². The van der Waals surface area contributed by atoms with Gasteiger partial charge in [0.15, 0.2) is 0 Å². The van der Waals surface area contributed by atoms with E-state index in [0.29, 0.717) is 12.3 Å². The molecule has 2 N–H and O–H groups in total. The molecule has 5 nitrogen and oxygen atoms in total. The van der Waals surface area contributed by atoms with E-state index in [2.05, 4.69) is 29.6 Å². The van der Waals surface area contributed by atoms with E-state index in [-0.39, 0.29) is 24.4 Å². The van der Waals surface area contributed by atoms with Crippen LogP contribution in [0.5, 0.6) is 0 Å². The maximum atomic E-state index is 12.0. The van der Waals surface area contributed by atoms with Crippen LogP contribution >= 0.6 is 12.4 Å². The van der Waals surface area contributed by atoms with Gasteiger partial charge in [0.05, 0.1) is 5.69 Å². The first-order chi connectivity index (χ1) is 9.97. The van der Waals surface area contributed by atoms with Crippen LogP contribution in [0.2, 0.25) is 0 Å². The zero-order valence-corrected chi connectivity index (χ0v) is 14.9. The number of hydrogen-bond acceptors (Lipinski definition) is 3. The van der Waals surface area contributed by atoms with Crippen LogP contribution in [0.15, 0.2) is 0 Å². The molecule has 0 aliphatic carbocycles. The van der Waals surface area contributed by atoms with Crippen LogP contribution in [0.4, 0.5) is 0 Å². The van der Waals surface area contributed by atoms with Crippen molar-refractivity contribution >= 4 is 18.3 Å². The predicted molar refractivity (Wildman–Crippen MR) is 91.4 cm³/mol. The summed E-state index contributed by atoms with van der Waals surface area (Å²) in [5, 5.41) is 10.9. The highest BCUT2D eigenvalue weighted by molar-refractivity contribution is 5.85. The number of halogens is 1. The standard InChI is InChI=1S/C16H28N4O.ClH/c1-11(9-15-12(2)19-20(4)13(15)3)18-16(21)6-5-14-7-8-17-10-14;/h11,14,17H,5-10H2,1-4H3,(H,18,21);1H. The molecule has 1 aromatic heterocycles. The van der Waals surface area contributed by atoms with Gasteiger partial charge >= 0.3 is 0 Å². The van der Waals surface area contributed by atoms with Crippen molar-refractivity contribution in [2.24, 2.45) is 13.0 Å². The monoisotopic (exact) mass is 328 g/mol. The molecule has 0 aromatic carbocycles. The number of rotatable bonds is 6. The average molecular weight is 329 g/mol. The van der Waals surface area contributed by atoms with Gasteiger partial charge in [0.1, 0.15) is 0 Å². The summed E-state index contributed by atoms with van der Waals surface area (Å²) in [4.78, 5) is 12.0. The molecule has 2 unspecified atom stereocenters. The normalized spacial score (nSPS) is 18.8. The Kier molecular flexibility index (Phi) is 7.36. The maximum absolute atomic E-state index is 12.0. The van der Waals surface area contributed by atoms with E-state index < -0.39 is 0 Å². The number of carbonyl (C=O) groups is 1. The quantitative estimate of drug-likeness (QED) is 0.838. The van der Waals surface area contributed by atoms with Crippen LogP contribution in [0.1, 0.15) is 43.1 Å². The molecule has 1 aliphatic rings. The molecule has 1 aromatic rings. The molecule has 1 fully saturated rings. The minimum Gasteiger partial charge on any atom is -0.353 e. The van der Waals surface area contributed by atoms with Crippen LogP contribution in [0.3, 0.4) is 0 Å². The first-order valence-corrected chi connectivity index (χ1v) is 7.96. The highest BCUT2D eigenvalue weighted by Gasteiger charge is 2.17. The lowest BCUT2D eigenvalue weighted by molar-refractivity contribution is -0.121. The Labute approximate surface area is 139 Å². The van der Waals surface area contributed by atoms with E-state index in [0.717, 1.165) is 31.6 Å². The molecule has 1 saturated heterocycles. The fourth-order valence-corrected chi connectivity index (χ4v) is 3.11. The second-order valence-corrected chi connectivity index (χ2v) is 6.34. The lowest BCUT2D eigenvalue weighted by Crippen LogP contribution is -2.34. The molecule has 126 valence electrons. The number of hydrogen-bond donors (Lipinski definition) is 2. The summed E-state index contributed by atoms with van der Waals surface area (Å²) >= 11 is 0. The van der Waals surface area contributed by atoms with Crippen LogP contribution < -0.4 is 10.6 Å². The van der Waals surface area contributed by atoms with Crippen molar-refractivity contribution < 1.29 is 4.79 Å². The van der Waals surface area contributed by atoms with Crippen molar-refractivity contribution in [1.29, 1.82) is 0 Å². The minimum atomic E-state index is 0. The molecule has 0 saturated carbocycles. The van der Waals surface area contributed by atoms with Crippen LogP contribution in [-0.4, -0.2) is 34.8 Å². The Morgan fingerprint density at radius 3 is 2.77 bits per heavy atom. The number of aryl methyl sites for hydroxylation is 2. The number of nitrogens with one attached hydrogen (secondary N) is 2. The topological polar surface area (TPSA) is 59.0 Å².